The van der Waals surface area contributed by atoms with Gasteiger partial charge in [-0.2, -0.15) is 0 Å². The number of halogens is 6. The third kappa shape index (κ3) is 10.2. The van der Waals surface area contributed by atoms with Crippen LogP contribution in [0.3, 0.4) is 0 Å². The molecule has 0 atom stereocenters. The first-order valence-electron chi connectivity index (χ1n) is 23.9. The fourth-order valence-electron chi connectivity index (χ4n) is 8.56. The second kappa shape index (κ2) is 18.9. The summed E-state index contributed by atoms with van der Waals surface area (Å²) in [5.74, 6) is 1.09. The maximum absolute atomic E-state index is 13.7. The van der Waals surface area contributed by atoms with Gasteiger partial charge in [0.1, 0.15) is 0 Å². The van der Waals surface area contributed by atoms with Crippen LogP contribution in [-0.4, -0.2) is 51.3 Å². The summed E-state index contributed by atoms with van der Waals surface area (Å²) in [6.45, 7) is 4.82. The zero-order valence-corrected chi connectivity index (χ0v) is 42.4. The van der Waals surface area contributed by atoms with E-state index in [0.717, 1.165) is 72.7 Å². The summed E-state index contributed by atoms with van der Waals surface area (Å²) in [6, 6.07) is 50.6. The molecule has 356 valence electrons. The van der Waals surface area contributed by atoms with Crippen LogP contribution in [-0.2, 0) is 12.8 Å². The molecule has 0 amide bonds. The first-order chi connectivity index (χ1) is 34.7. The number of fused-ring (bicyclic) bond motifs is 2. The third-order valence-corrected chi connectivity index (χ3v) is 17.6. The van der Waals surface area contributed by atoms with Crippen LogP contribution in [0.1, 0.15) is 41.6 Å². The number of aromatic nitrogens is 2. The van der Waals surface area contributed by atoms with Crippen molar-refractivity contribution in [3.05, 3.63) is 193 Å². The summed E-state index contributed by atoms with van der Waals surface area (Å²) in [5.41, 5.74) is 5.66. The van der Waals surface area contributed by atoms with Crippen molar-refractivity contribution in [2.75, 3.05) is 0 Å². The van der Waals surface area contributed by atoms with Crippen molar-refractivity contribution >= 4 is 48.3 Å². The Bertz CT molecular complexity index is 3400. The molecule has 3 nitrogen and oxygen atoms in total. The Kier molecular flexibility index (Phi) is 12.2. The molecule has 11 heteroatoms. The normalized spacial score (nSPS) is 12.9. The molecule has 6 aromatic carbocycles. The molecule has 4 aromatic heterocycles. The molecule has 0 unspecified atom stereocenters. The molecular weight excluding hydrogens is 1040 g/mol. The Morgan fingerprint density at radius 2 is 0.803 bits per heavy atom. The first-order valence-corrected chi connectivity index (χ1v) is 26.3. The number of hydrogen-bond donors (Lipinski definition) is 0. The summed E-state index contributed by atoms with van der Waals surface area (Å²) in [4.78, 5) is 9.84. The van der Waals surface area contributed by atoms with Gasteiger partial charge in [0, 0.05) is 0 Å². The van der Waals surface area contributed by atoms with E-state index < -0.39 is 23.2 Å². The van der Waals surface area contributed by atoms with Crippen LogP contribution >= 0.6 is 0 Å². The van der Waals surface area contributed by atoms with E-state index in [4.69, 9.17) is 14.7 Å². The molecule has 0 saturated carbocycles. The van der Waals surface area contributed by atoms with Crippen molar-refractivity contribution in [3.63, 3.8) is 0 Å². The SMILES string of the molecule is [2H]c1c(-c2ccc(CC(C)(C)C(F)(F)F)cc2)[se]c2c(-c3cc(Oc4cc(-c5ccccc5)cc(-c5nccc6c([2H])c(-c7ccc(CC(C)(C)C(F)(F)F)cc7)[se]c56)c4)cc(-c4ccccc4)c3)nccc12. The van der Waals surface area contributed by atoms with Crippen LogP contribution in [0.25, 0.3) is 84.1 Å². The van der Waals surface area contributed by atoms with Crippen LogP contribution in [0.15, 0.2) is 182 Å². The molecule has 0 bridgehead atoms. The van der Waals surface area contributed by atoms with Gasteiger partial charge < -0.3 is 0 Å². The molecule has 0 aliphatic rings. The number of alkyl halides is 6. The number of pyridine rings is 2. The van der Waals surface area contributed by atoms with Crippen LogP contribution in [0.2, 0.25) is 0 Å². The van der Waals surface area contributed by atoms with Crippen molar-refractivity contribution < 1.29 is 33.8 Å². The Morgan fingerprint density at radius 3 is 1.17 bits per heavy atom. The van der Waals surface area contributed by atoms with Gasteiger partial charge in [-0.1, -0.05) is 0 Å². The molecule has 0 fully saturated rings. The van der Waals surface area contributed by atoms with E-state index >= 15 is 0 Å². The summed E-state index contributed by atoms with van der Waals surface area (Å²) < 4.78 is 111. The van der Waals surface area contributed by atoms with Gasteiger partial charge >= 0.3 is 425 Å². The Labute approximate surface area is 423 Å². The van der Waals surface area contributed by atoms with Crippen LogP contribution in [0, 0.1) is 10.8 Å². The summed E-state index contributed by atoms with van der Waals surface area (Å²) in [6.07, 6.45) is -5.58. The van der Waals surface area contributed by atoms with Gasteiger partial charge in [0.25, 0.3) is 0 Å². The van der Waals surface area contributed by atoms with E-state index in [-0.39, 0.29) is 41.8 Å². The molecule has 10 rings (SSSR count). The average molecular weight is 1080 g/mol. The van der Waals surface area contributed by atoms with Gasteiger partial charge in [0.15, 0.2) is 0 Å². The van der Waals surface area contributed by atoms with Crippen LogP contribution < -0.4 is 4.74 Å². The van der Waals surface area contributed by atoms with Gasteiger partial charge in [-0.25, -0.2) is 0 Å². The van der Waals surface area contributed by atoms with Gasteiger partial charge in [-0.15, -0.1) is 0 Å². The van der Waals surface area contributed by atoms with Gasteiger partial charge in [-0.3, -0.25) is 0 Å². The Hall–Kier alpha value is -6.48. The molecule has 71 heavy (non-hydrogen) atoms. The molecule has 0 aliphatic heterocycles. The van der Waals surface area contributed by atoms with Gasteiger partial charge in [0.05, 0.1) is 0 Å². The molecule has 10 aromatic rings. The van der Waals surface area contributed by atoms with Crippen molar-refractivity contribution in [1.82, 2.24) is 9.97 Å². The molecule has 4 heterocycles. The third-order valence-electron chi connectivity index (χ3n) is 12.8. The molecule has 0 spiro atoms. The predicted octanol–water partition coefficient (Wildman–Crippen LogP) is 17.0. The van der Waals surface area contributed by atoms with E-state index in [0.29, 0.717) is 46.1 Å². The average Bonchev–Trinajstić information content (AvgIpc) is 3.89. The molecule has 0 N–H and O–H groups in total. The van der Waals surface area contributed by atoms with Gasteiger partial charge in [0.2, 0.25) is 0 Å². The van der Waals surface area contributed by atoms with Crippen molar-refractivity contribution in [1.29, 1.82) is 0 Å². The van der Waals surface area contributed by atoms with E-state index in [2.05, 4.69) is 12.1 Å². The molecular formula is C60H46F6N2OSe2. The van der Waals surface area contributed by atoms with E-state index in [1.165, 1.54) is 27.7 Å². The monoisotopic (exact) mass is 1090 g/mol. The zero-order valence-electron chi connectivity index (χ0n) is 41.0. The number of hydrogen-bond acceptors (Lipinski definition) is 3. The van der Waals surface area contributed by atoms with Gasteiger partial charge in [-0.05, 0) is 0 Å². The number of benzene rings is 6. The Balaban J connectivity index is 1.04. The number of rotatable bonds is 12. The molecule has 0 radical (unpaired) electrons. The fraction of sp³-hybridized carbons (Fsp3) is 0.167. The number of nitrogens with zero attached hydrogens (tertiary/aromatic N) is 2. The minimum absolute atomic E-state index is 0.155. The number of ether oxygens (including phenoxy) is 1. The van der Waals surface area contributed by atoms with Crippen molar-refractivity contribution in [3.8, 4) is 76.3 Å². The summed E-state index contributed by atoms with van der Waals surface area (Å²) in [7, 11) is 0. The predicted molar refractivity (Wildman–Crippen MR) is 277 cm³/mol. The van der Waals surface area contributed by atoms with Crippen LogP contribution in [0.4, 0.5) is 26.3 Å². The quantitative estimate of drug-likeness (QED) is 0.0903. The Morgan fingerprint density at radius 1 is 0.437 bits per heavy atom. The van der Waals surface area contributed by atoms with Crippen molar-refractivity contribution in [2.24, 2.45) is 10.8 Å². The fourth-order valence-corrected chi connectivity index (χ4v) is 13.2. The molecule has 0 saturated heterocycles. The second-order valence-electron chi connectivity index (χ2n) is 19.0. The summed E-state index contributed by atoms with van der Waals surface area (Å²) >= 11 is -0.721. The van der Waals surface area contributed by atoms with Crippen molar-refractivity contribution in [2.45, 2.75) is 52.9 Å². The van der Waals surface area contributed by atoms with E-state index in [9.17, 15) is 29.1 Å². The summed E-state index contributed by atoms with van der Waals surface area (Å²) in [5, 5.41) is 1.52. The minimum atomic E-state index is -4.34. The maximum atomic E-state index is 13.7. The topological polar surface area (TPSA) is 35.0 Å². The first kappa shape index (κ1) is 45.6. The zero-order chi connectivity index (χ0) is 51.5. The standard InChI is InChI=1S/C60H46F6N2OSe2/c1-57(2,59(61,62)63)35-37-15-19-41(20-16-37)51-33-43-23-25-67-53(55(43)70-51)47-27-45(39-11-7-5-8-12-39)29-49(31-47)69-50-30-46(40-13-9-6-10-14-40)28-48(32-50)54-56-44(24-26-68-54)34-52(71-56)42-21-17-38(18-22-42)36-58(3,4)60(64,65)66/h5-34H,35-36H2,1-4H3/i33D,34D. The van der Waals surface area contributed by atoms with E-state index in [1.54, 1.807) is 36.7 Å². The van der Waals surface area contributed by atoms with E-state index in [1.807, 2.05) is 121 Å². The second-order valence-corrected chi connectivity index (χ2v) is 23.3. The molecule has 0 aliphatic carbocycles. The van der Waals surface area contributed by atoms with Crippen LogP contribution in [0.5, 0.6) is 11.5 Å².